The average Bonchev–Trinajstić information content (AvgIpc) is 2.77. The molecular weight excluding hydrogens is 418 g/mol. The molecule has 0 rings (SSSR count). The predicted molar refractivity (Wildman–Crippen MR) is 135 cm³/mol. The van der Waals surface area contributed by atoms with Crippen molar-refractivity contribution in [2.45, 2.75) is 129 Å². The number of carboxylic acids is 1. The van der Waals surface area contributed by atoms with Gasteiger partial charge in [-0.2, -0.15) is 0 Å². The highest BCUT2D eigenvalue weighted by molar-refractivity contribution is 5.83. The summed E-state index contributed by atoms with van der Waals surface area (Å²) in [5.41, 5.74) is 4.97. The lowest BCUT2D eigenvalue weighted by Crippen LogP contribution is -2.41. The zero-order valence-electron chi connectivity index (χ0n) is 20.9. The lowest BCUT2D eigenvalue weighted by molar-refractivity contribution is -0.142. The Morgan fingerprint density at radius 1 is 0.788 bits per heavy atom. The quantitative estimate of drug-likeness (QED) is 0.112. The molecule has 0 aromatic carbocycles. The van der Waals surface area contributed by atoms with Gasteiger partial charge in [-0.15, -0.1) is 0 Å². The molecule has 0 fully saturated rings. The van der Waals surface area contributed by atoms with Crippen LogP contribution in [-0.4, -0.2) is 35.6 Å². The lowest BCUT2D eigenvalue weighted by Gasteiger charge is -2.14. The smallest absolute Gasteiger partial charge is 0.326 e. The fourth-order valence-electron chi connectivity index (χ4n) is 3.75. The van der Waals surface area contributed by atoms with Crippen molar-refractivity contribution in [1.29, 1.82) is 0 Å². The first-order valence-electron chi connectivity index (χ1n) is 13.2. The average molecular weight is 468 g/mol. The van der Waals surface area contributed by atoms with Crippen molar-refractivity contribution in [1.82, 2.24) is 10.6 Å². The van der Waals surface area contributed by atoms with E-state index >= 15 is 0 Å². The maximum Gasteiger partial charge on any atom is 0.326 e. The number of carboxylic acid groups (broad SMARTS) is 1. The topological polar surface area (TPSA) is 122 Å². The van der Waals surface area contributed by atoms with Crippen molar-refractivity contribution >= 4 is 17.9 Å². The molecule has 0 aromatic rings. The van der Waals surface area contributed by atoms with Crippen LogP contribution in [0, 0.1) is 0 Å². The summed E-state index contributed by atoms with van der Waals surface area (Å²) in [5.74, 6) is -1.28. The molecule has 5 N–H and O–H groups in total. The van der Waals surface area contributed by atoms with Crippen molar-refractivity contribution in [3.63, 3.8) is 0 Å². The molecule has 7 heteroatoms. The largest absolute Gasteiger partial charge is 0.480 e. The van der Waals surface area contributed by atoms with Crippen LogP contribution in [0.2, 0.25) is 0 Å². The first-order chi connectivity index (χ1) is 16.0. The Hall–Kier alpha value is -2.05. The van der Waals surface area contributed by atoms with Gasteiger partial charge in [0.25, 0.3) is 0 Å². The third-order valence-corrected chi connectivity index (χ3v) is 5.77. The molecular formula is C26H49N3O4. The minimum Gasteiger partial charge on any atom is -0.480 e. The number of unbranched alkanes of at least 4 members (excludes halogenated alkanes) is 13. The van der Waals surface area contributed by atoms with Gasteiger partial charge in [0, 0.05) is 13.0 Å². The van der Waals surface area contributed by atoms with Crippen LogP contribution in [0.15, 0.2) is 12.2 Å². The normalized spacial score (nSPS) is 12.0. The van der Waals surface area contributed by atoms with Gasteiger partial charge in [-0.3, -0.25) is 4.79 Å². The van der Waals surface area contributed by atoms with E-state index in [0.29, 0.717) is 19.4 Å². The molecule has 7 nitrogen and oxygen atoms in total. The third-order valence-electron chi connectivity index (χ3n) is 5.77. The van der Waals surface area contributed by atoms with Crippen LogP contribution in [0.25, 0.3) is 0 Å². The number of carbonyl (C=O) groups excluding carboxylic acids is 2. The van der Waals surface area contributed by atoms with E-state index < -0.39 is 18.0 Å². The number of rotatable bonds is 23. The Bertz CT molecular complexity index is 538. The SMILES string of the molecule is CCCCCCCC/C=C\CCCCCCCCCC(=O)N[C@@H](CCCNC(N)=O)C(=O)O. The molecule has 1 atom stereocenters. The van der Waals surface area contributed by atoms with Gasteiger partial charge in [-0.1, -0.05) is 83.3 Å². The number of amides is 3. The Balaban J connectivity index is 3.53. The summed E-state index contributed by atoms with van der Waals surface area (Å²) in [6, 6.07) is -1.56. The van der Waals surface area contributed by atoms with Crippen LogP contribution in [0.5, 0.6) is 0 Å². The maximum atomic E-state index is 12.0. The van der Waals surface area contributed by atoms with E-state index in [0.717, 1.165) is 19.3 Å². The van der Waals surface area contributed by atoms with Crippen LogP contribution < -0.4 is 16.4 Å². The van der Waals surface area contributed by atoms with Crippen LogP contribution in [0.3, 0.4) is 0 Å². The van der Waals surface area contributed by atoms with E-state index in [1.807, 2.05) is 0 Å². The van der Waals surface area contributed by atoms with Gasteiger partial charge in [-0.05, 0) is 44.9 Å². The standard InChI is InChI=1S/C26H49N3O4/c1-2-3-4-5-6-7-8-9-10-11-12-13-14-15-16-17-18-21-24(30)29-23(25(31)32)20-19-22-28-26(27)33/h9-10,23H,2-8,11-22H2,1H3,(H,29,30)(H,31,32)(H3,27,28,33)/b10-9-/t23-/m0/s1. The molecule has 3 amide bonds. The number of carbonyl (C=O) groups is 3. The summed E-state index contributed by atoms with van der Waals surface area (Å²) in [7, 11) is 0. The molecule has 0 aliphatic rings. The number of primary amides is 1. The van der Waals surface area contributed by atoms with Gasteiger partial charge >= 0.3 is 12.0 Å². The summed E-state index contributed by atoms with van der Waals surface area (Å²) in [4.78, 5) is 33.9. The summed E-state index contributed by atoms with van der Waals surface area (Å²) in [5, 5.41) is 14.2. The Morgan fingerprint density at radius 3 is 1.82 bits per heavy atom. The highest BCUT2D eigenvalue weighted by Crippen LogP contribution is 2.11. The summed E-state index contributed by atoms with van der Waals surface area (Å²) in [6.07, 6.45) is 24.1. The Kier molecular flexibility index (Phi) is 21.7. The molecule has 192 valence electrons. The zero-order chi connectivity index (χ0) is 24.6. The van der Waals surface area contributed by atoms with Gasteiger partial charge in [0.05, 0.1) is 0 Å². The van der Waals surface area contributed by atoms with Crippen molar-refractivity contribution < 1.29 is 19.5 Å². The Morgan fingerprint density at radius 2 is 1.30 bits per heavy atom. The number of hydrogen-bond acceptors (Lipinski definition) is 3. The first kappa shape index (κ1) is 30.9. The van der Waals surface area contributed by atoms with E-state index in [2.05, 4.69) is 29.7 Å². The summed E-state index contributed by atoms with van der Waals surface area (Å²) >= 11 is 0. The molecule has 0 saturated carbocycles. The van der Waals surface area contributed by atoms with Crippen molar-refractivity contribution in [3.8, 4) is 0 Å². The van der Waals surface area contributed by atoms with E-state index in [9.17, 15) is 19.5 Å². The highest BCUT2D eigenvalue weighted by Gasteiger charge is 2.19. The van der Waals surface area contributed by atoms with Gasteiger partial charge in [0.2, 0.25) is 5.91 Å². The third kappa shape index (κ3) is 22.9. The minimum absolute atomic E-state index is 0.224. The molecule has 0 spiro atoms. The van der Waals surface area contributed by atoms with Gasteiger partial charge < -0.3 is 21.5 Å². The van der Waals surface area contributed by atoms with E-state index in [4.69, 9.17) is 5.73 Å². The first-order valence-corrected chi connectivity index (χ1v) is 13.2. The fourth-order valence-corrected chi connectivity index (χ4v) is 3.75. The number of nitrogens with one attached hydrogen (secondary N) is 2. The van der Waals surface area contributed by atoms with E-state index in [1.165, 1.54) is 77.0 Å². The number of hydrogen-bond donors (Lipinski definition) is 4. The Labute approximate surface area is 201 Å². The van der Waals surface area contributed by atoms with Crippen LogP contribution in [0.4, 0.5) is 4.79 Å². The van der Waals surface area contributed by atoms with Crippen LogP contribution in [-0.2, 0) is 9.59 Å². The van der Waals surface area contributed by atoms with E-state index in [-0.39, 0.29) is 12.3 Å². The van der Waals surface area contributed by atoms with Gasteiger partial charge in [0.15, 0.2) is 0 Å². The number of aliphatic carboxylic acids is 1. The molecule has 0 bridgehead atoms. The maximum absolute atomic E-state index is 12.0. The van der Waals surface area contributed by atoms with Gasteiger partial charge in [0.1, 0.15) is 6.04 Å². The van der Waals surface area contributed by atoms with Crippen molar-refractivity contribution in [2.24, 2.45) is 5.73 Å². The second-order valence-corrected chi connectivity index (χ2v) is 8.93. The lowest BCUT2D eigenvalue weighted by atomic mass is 10.1. The summed E-state index contributed by atoms with van der Waals surface area (Å²) < 4.78 is 0. The molecule has 0 heterocycles. The molecule has 0 radical (unpaired) electrons. The number of allylic oxidation sites excluding steroid dienone is 2. The zero-order valence-corrected chi connectivity index (χ0v) is 20.9. The van der Waals surface area contributed by atoms with Gasteiger partial charge in [-0.25, -0.2) is 9.59 Å². The second-order valence-electron chi connectivity index (χ2n) is 8.93. The van der Waals surface area contributed by atoms with E-state index in [1.54, 1.807) is 0 Å². The van der Waals surface area contributed by atoms with Crippen LogP contribution in [0.1, 0.15) is 122 Å². The molecule has 0 saturated heterocycles. The fraction of sp³-hybridized carbons (Fsp3) is 0.808. The highest BCUT2D eigenvalue weighted by atomic mass is 16.4. The number of nitrogens with two attached hydrogens (primary N) is 1. The molecule has 0 unspecified atom stereocenters. The molecule has 0 aromatic heterocycles. The summed E-state index contributed by atoms with van der Waals surface area (Å²) in [6.45, 7) is 2.55. The molecule has 0 aliphatic carbocycles. The second kappa shape index (κ2) is 23.1. The van der Waals surface area contributed by atoms with Crippen LogP contribution >= 0.6 is 0 Å². The minimum atomic E-state index is -1.06. The molecule has 33 heavy (non-hydrogen) atoms. The predicted octanol–water partition coefficient (Wildman–Crippen LogP) is 5.82. The molecule has 0 aliphatic heterocycles. The van der Waals surface area contributed by atoms with Crippen molar-refractivity contribution in [2.75, 3.05) is 6.54 Å². The number of urea groups is 1. The monoisotopic (exact) mass is 467 g/mol. The van der Waals surface area contributed by atoms with Crippen molar-refractivity contribution in [3.05, 3.63) is 12.2 Å².